The van der Waals surface area contributed by atoms with Crippen LogP contribution in [-0.2, 0) is 18.0 Å². The van der Waals surface area contributed by atoms with Crippen LogP contribution in [0.1, 0.15) is 31.2 Å². The molecule has 0 saturated carbocycles. The van der Waals surface area contributed by atoms with E-state index in [-0.39, 0.29) is 11.1 Å². The number of carbonyl (C=O) groups is 1. The van der Waals surface area contributed by atoms with E-state index in [2.05, 4.69) is 9.84 Å². The summed E-state index contributed by atoms with van der Waals surface area (Å²) in [4.78, 5) is 11.0. The molecule has 0 atom stereocenters. The van der Waals surface area contributed by atoms with E-state index in [9.17, 15) is 26.7 Å². The fraction of sp³-hybridized carbons (Fsp3) is 0.556. The van der Waals surface area contributed by atoms with Crippen LogP contribution < -0.4 is 4.74 Å². The first kappa shape index (κ1) is 14.4. The van der Waals surface area contributed by atoms with Gasteiger partial charge in [-0.3, -0.25) is 9.48 Å². The molecule has 18 heavy (non-hydrogen) atoms. The number of esters is 1. The highest BCUT2D eigenvalue weighted by Gasteiger charge is 2.42. The Bertz CT molecular complexity index is 453. The minimum atomic E-state index is -4.95. The predicted octanol–water partition coefficient (Wildman–Crippen LogP) is 2.69. The van der Waals surface area contributed by atoms with Gasteiger partial charge in [-0.2, -0.15) is 18.3 Å². The van der Waals surface area contributed by atoms with Gasteiger partial charge in [-0.25, -0.2) is 8.78 Å². The number of aryl methyl sites for hydroxylation is 1. The van der Waals surface area contributed by atoms with Gasteiger partial charge in [-0.05, 0) is 0 Å². The van der Waals surface area contributed by atoms with Crippen molar-refractivity contribution in [3.63, 3.8) is 0 Å². The molecule has 0 spiro atoms. The Morgan fingerprint density at radius 2 is 2.00 bits per heavy atom. The first-order valence-electron chi connectivity index (χ1n) is 4.81. The Morgan fingerprint density at radius 1 is 1.44 bits per heavy atom. The lowest BCUT2D eigenvalue weighted by Crippen LogP contribution is -2.15. The summed E-state index contributed by atoms with van der Waals surface area (Å²) < 4.78 is 67.5. The topological polar surface area (TPSA) is 44.1 Å². The van der Waals surface area contributed by atoms with Crippen LogP contribution in [0.25, 0.3) is 0 Å². The molecule has 0 aliphatic rings. The van der Waals surface area contributed by atoms with Gasteiger partial charge in [0, 0.05) is 13.5 Å². The normalized spacial score (nSPS) is 12.0. The summed E-state index contributed by atoms with van der Waals surface area (Å²) in [7, 11) is 0.845. The van der Waals surface area contributed by atoms with Crippen LogP contribution in [0.3, 0.4) is 0 Å². The largest absolute Gasteiger partial charge is 0.436 e. The Hall–Kier alpha value is -1.67. The zero-order valence-electron chi connectivity index (χ0n) is 9.39. The molecule has 0 aliphatic carbocycles. The lowest BCUT2D eigenvalue weighted by atomic mass is 10.3. The molecule has 0 unspecified atom stereocenters. The van der Waals surface area contributed by atoms with Crippen LogP contribution in [0.4, 0.5) is 22.0 Å². The molecule has 4 nitrogen and oxygen atoms in total. The van der Waals surface area contributed by atoms with Crippen LogP contribution >= 0.6 is 0 Å². The third-order valence-electron chi connectivity index (χ3n) is 2.01. The van der Waals surface area contributed by atoms with Crippen molar-refractivity contribution < 1.29 is 31.5 Å². The highest BCUT2D eigenvalue weighted by Crippen LogP contribution is 2.41. The summed E-state index contributed by atoms with van der Waals surface area (Å²) >= 11 is 0. The van der Waals surface area contributed by atoms with Crippen molar-refractivity contribution in [2.45, 2.75) is 25.9 Å². The van der Waals surface area contributed by atoms with Crippen molar-refractivity contribution in [2.75, 3.05) is 0 Å². The van der Waals surface area contributed by atoms with E-state index < -0.39 is 35.7 Å². The van der Waals surface area contributed by atoms with E-state index in [4.69, 9.17) is 0 Å². The number of nitrogens with zero attached hydrogens (tertiary/aromatic N) is 2. The zero-order chi connectivity index (χ0) is 14.1. The summed E-state index contributed by atoms with van der Waals surface area (Å²) in [5, 5.41) is 3.03. The van der Waals surface area contributed by atoms with Gasteiger partial charge in [0.1, 0.15) is 0 Å². The molecule has 1 heterocycles. The van der Waals surface area contributed by atoms with E-state index in [0.29, 0.717) is 0 Å². The quantitative estimate of drug-likeness (QED) is 0.627. The van der Waals surface area contributed by atoms with Crippen LogP contribution in [0, 0.1) is 0 Å². The lowest BCUT2D eigenvalue weighted by Gasteiger charge is -2.10. The van der Waals surface area contributed by atoms with Crippen molar-refractivity contribution in [3.8, 4) is 5.75 Å². The standard InChI is InChI=1S/C9H9F5N2O2/c1-3-4(17)18-6-5(8(10)11)15-16(2)7(6)9(12,13)14/h8H,3H2,1-2H3. The van der Waals surface area contributed by atoms with E-state index in [1.807, 2.05) is 0 Å². The van der Waals surface area contributed by atoms with Crippen molar-refractivity contribution in [2.24, 2.45) is 7.05 Å². The molecule has 1 aromatic heterocycles. The predicted molar refractivity (Wildman–Crippen MR) is 49.1 cm³/mol. The molecule has 0 N–H and O–H groups in total. The SMILES string of the molecule is CCC(=O)Oc1c(C(F)F)nn(C)c1C(F)(F)F. The van der Waals surface area contributed by atoms with Gasteiger partial charge in [0.15, 0.2) is 17.1 Å². The van der Waals surface area contributed by atoms with Gasteiger partial charge in [-0.15, -0.1) is 0 Å². The number of aromatic nitrogens is 2. The molecule has 102 valence electrons. The van der Waals surface area contributed by atoms with E-state index in [1.165, 1.54) is 6.92 Å². The molecule has 0 saturated heterocycles. The second-order valence-corrected chi connectivity index (χ2v) is 3.31. The molecule has 1 aromatic rings. The first-order chi connectivity index (χ1) is 8.18. The fourth-order valence-corrected chi connectivity index (χ4v) is 1.27. The van der Waals surface area contributed by atoms with Crippen molar-refractivity contribution in [3.05, 3.63) is 11.4 Å². The summed E-state index contributed by atoms with van der Waals surface area (Å²) in [6, 6.07) is 0. The van der Waals surface area contributed by atoms with Gasteiger partial charge in [0.05, 0.1) is 0 Å². The molecule has 1 rings (SSSR count). The zero-order valence-corrected chi connectivity index (χ0v) is 9.39. The maximum atomic E-state index is 12.6. The van der Waals surface area contributed by atoms with Crippen molar-refractivity contribution in [1.29, 1.82) is 0 Å². The maximum absolute atomic E-state index is 12.6. The molecular formula is C9H9F5N2O2. The monoisotopic (exact) mass is 272 g/mol. The molecule has 0 fully saturated rings. The molecule has 0 radical (unpaired) electrons. The van der Waals surface area contributed by atoms with Crippen LogP contribution in [0.2, 0.25) is 0 Å². The second-order valence-electron chi connectivity index (χ2n) is 3.31. The Morgan fingerprint density at radius 3 is 2.39 bits per heavy atom. The summed E-state index contributed by atoms with van der Waals surface area (Å²) in [5.41, 5.74) is -2.72. The fourth-order valence-electron chi connectivity index (χ4n) is 1.27. The van der Waals surface area contributed by atoms with Gasteiger partial charge in [0.25, 0.3) is 6.43 Å². The van der Waals surface area contributed by atoms with E-state index >= 15 is 0 Å². The second kappa shape index (κ2) is 4.91. The number of carbonyl (C=O) groups excluding carboxylic acids is 1. The minimum absolute atomic E-state index is 0.222. The number of halogens is 5. The van der Waals surface area contributed by atoms with Crippen molar-refractivity contribution in [1.82, 2.24) is 9.78 Å². The molecular weight excluding hydrogens is 263 g/mol. The lowest BCUT2D eigenvalue weighted by molar-refractivity contribution is -0.147. The Labute approximate surface area is 98.3 Å². The van der Waals surface area contributed by atoms with Gasteiger partial charge in [0.2, 0.25) is 0 Å². The van der Waals surface area contributed by atoms with Gasteiger partial charge >= 0.3 is 12.1 Å². The van der Waals surface area contributed by atoms with Crippen LogP contribution in [-0.4, -0.2) is 15.7 Å². The smallest absolute Gasteiger partial charge is 0.422 e. The summed E-state index contributed by atoms with van der Waals surface area (Å²) in [5.74, 6) is -2.28. The molecule has 0 amide bonds. The Balaban J connectivity index is 3.37. The number of alkyl halides is 5. The average Bonchev–Trinajstić information content (AvgIpc) is 2.54. The average molecular weight is 272 g/mol. The molecule has 0 aromatic carbocycles. The van der Waals surface area contributed by atoms with Gasteiger partial charge in [-0.1, -0.05) is 6.92 Å². The maximum Gasteiger partial charge on any atom is 0.436 e. The number of hydrogen-bond acceptors (Lipinski definition) is 3. The van der Waals surface area contributed by atoms with E-state index in [1.54, 1.807) is 0 Å². The third-order valence-corrected chi connectivity index (χ3v) is 2.01. The number of hydrogen-bond donors (Lipinski definition) is 0. The third kappa shape index (κ3) is 2.77. The van der Waals surface area contributed by atoms with E-state index in [0.717, 1.165) is 7.05 Å². The Kier molecular flexibility index (Phi) is 3.92. The summed E-state index contributed by atoms with van der Waals surface area (Å²) in [6.07, 6.45) is -8.46. The minimum Gasteiger partial charge on any atom is -0.422 e. The first-order valence-corrected chi connectivity index (χ1v) is 4.81. The molecule has 0 aliphatic heterocycles. The molecule has 9 heteroatoms. The van der Waals surface area contributed by atoms with Crippen molar-refractivity contribution >= 4 is 5.97 Å². The summed E-state index contributed by atoms with van der Waals surface area (Å²) in [6.45, 7) is 1.33. The van der Waals surface area contributed by atoms with Gasteiger partial charge < -0.3 is 4.74 Å². The highest BCUT2D eigenvalue weighted by molar-refractivity contribution is 5.72. The van der Waals surface area contributed by atoms with Crippen LogP contribution in [0.15, 0.2) is 0 Å². The van der Waals surface area contributed by atoms with Crippen LogP contribution in [0.5, 0.6) is 5.75 Å². The number of rotatable bonds is 3. The number of ether oxygens (including phenoxy) is 1. The molecule has 0 bridgehead atoms. The highest BCUT2D eigenvalue weighted by atomic mass is 19.4.